The van der Waals surface area contributed by atoms with Crippen LogP contribution in [0.2, 0.25) is 0 Å². The zero-order valence-corrected chi connectivity index (χ0v) is 10.4. The van der Waals surface area contributed by atoms with Crippen LogP contribution in [0.5, 0.6) is 0 Å². The van der Waals surface area contributed by atoms with E-state index in [2.05, 4.69) is 11.9 Å². The van der Waals surface area contributed by atoms with Crippen LogP contribution in [-0.4, -0.2) is 47.2 Å². The highest BCUT2D eigenvalue weighted by atomic mass is 16.3. The number of likely N-dealkylation sites (tertiary alicyclic amines) is 1. The third-order valence-corrected chi connectivity index (χ3v) is 3.38. The number of hydrogen-bond acceptors (Lipinski definition) is 3. The van der Waals surface area contributed by atoms with Gasteiger partial charge >= 0.3 is 0 Å². The Morgan fingerprint density at radius 2 is 2.12 bits per heavy atom. The van der Waals surface area contributed by atoms with E-state index < -0.39 is 5.60 Å². The number of amides is 1. The van der Waals surface area contributed by atoms with Gasteiger partial charge in [0.2, 0.25) is 5.91 Å². The standard InChI is InChI=1S/C12H22N2O2/c1-5-6-13-11(15)10(4)14-7-12(16,8-14)9(2)3/h5,9-10,16H,1,6-8H2,2-4H3,(H,13,15). The van der Waals surface area contributed by atoms with Crippen molar-refractivity contribution in [3.8, 4) is 0 Å². The molecule has 0 aromatic carbocycles. The predicted octanol–water partition coefficient (Wildman–Crippen LogP) is 0.380. The van der Waals surface area contributed by atoms with Gasteiger partial charge in [-0.3, -0.25) is 9.69 Å². The molecule has 0 aliphatic carbocycles. The second-order valence-corrected chi connectivity index (χ2v) is 4.87. The summed E-state index contributed by atoms with van der Waals surface area (Å²) >= 11 is 0. The van der Waals surface area contributed by atoms with Gasteiger partial charge in [0, 0.05) is 19.6 Å². The minimum atomic E-state index is -0.618. The highest BCUT2D eigenvalue weighted by molar-refractivity contribution is 5.81. The highest BCUT2D eigenvalue weighted by Gasteiger charge is 2.46. The molecule has 4 nitrogen and oxygen atoms in total. The molecule has 1 saturated heterocycles. The number of carbonyl (C=O) groups is 1. The van der Waals surface area contributed by atoms with Gasteiger partial charge in [0.25, 0.3) is 0 Å². The van der Waals surface area contributed by atoms with Crippen LogP contribution in [0.1, 0.15) is 20.8 Å². The molecule has 1 amide bonds. The van der Waals surface area contributed by atoms with Crippen LogP contribution in [0.3, 0.4) is 0 Å². The van der Waals surface area contributed by atoms with E-state index in [-0.39, 0.29) is 17.9 Å². The third-order valence-electron chi connectivity index (χ3n) is 3.38. The van der Waals surface area contributed by atoms with Crippen molar-refractivity contribution >= 4 is 5.91 Å². The highest BCUT2D eigenvalue weighted by Crippen LogP contribution is 2.29. The average molecular weight is 226 g/mol. The quantitative estimate of drug-likeness (QED) is 0.666. The summed E-state index contributed by atoms with van der Waals surface area (Å²) in [6.45, 7) is 11.1. The summed E-state index contributed by atoms with van der Waals surface area (Å²) in [6, 6.07) is -0.182. The Morgan fingerprint density at radius 1 is 1.56 bits per heavy atom. The van der Waals surface area contributed by atoms with E-state index in [1.54, 1.807) is 6.08 Å². The molecule has 1 fully saturated rings. The Balaban J connectivity index is 2.39. The third kappa shape index (κ3) is 2.62. The summed E-state index contributed by atoms with van der Waals surface area (Å²) in [4.78, 5) is 13.6. The fourth-order valence-corrected chi connectivity index (χ4v) is 1.78. The van der Waals surface area contributed by atoms with E-state index in [4.69, 9.17) is 0 Å². The molecule has 0 spiro atoms. The molecule has 1 unspecified atom stereocenters. The smallest absolute Gasteiger partial charge is 0.237 e. The fourth-order valence-electron chi connectivity index (χ4n) is 1.78. The molecule has 1 atom stereocenters. The summed E-state index contributed by atoms with van der Waals surface area (Å²) < 4.78 is 0. The van der Waals surface area contributed by atoms with Gasteiger partial charge < -0.3 is 10.4 Å². The van der Waals surface area contributed by atoms with Crippen LogP contribution in [0.25, 0.3) is 0 Å². The minimum Gasteiger partial charge on any atom is -0.387 e. The molecule has 1 aliphatic heterocycles. The zero-order chi connectivity index (χ0) is 12.3. The molecular weight excluding hydrogens is 204 g/mol. The Hall–Kier alpha value is -0.870. The SMILES string of the molecule is C=CCNC(=O)C(C)N1CC(O)(C(C)C)C1. The Bertz CT molecular complexity index is 270. The summed E-state index contributed by atoms with van der Waals surface area (Å²) in [7, 11) is 0. The zero-order valence-electron chi connectivity index (χ0n) is 10.4. The van der Waals surface area contributed by atoms with E-state index in [9.17, 15) is 9.90 Å². The van der Waals surface area contributed by atoms with Gasteiger partial charge in [-0.2, -0.15) is 0 Å². The first-order valence-electron chi connectivity index (χ1n) is 5.75. The summed E-state index contributed by atoms with van der Waals surface area (Å²) in [5.41, 5.74) is -0.618. The first kappa shape index (κ1) is 13.2. The Kier molecular flexibility index (Phi) is 4.10. The lowest BCUT2D eigenvalue weighted by Crippen LogP contribution is -2.68. The van der Waals surface area contributed by atoms with Gasteiger partial charge in [-0.1, -0.05) is 19.9 Å². The van der Waals surface area contributed by atoms with E-state index in [0.717, 1.165) is 0 Å². The predicted molar refractivity (Wildman–Crippen MR) is 64.0 cm³/mol. The molecule has 0 bridgehead atoms. The largest absolute Gasteiger partial charge is 0.387 e. The Morgan fingerprint density at radius 3 is 2.56 bits per heavy atom. The first-order chi connectivity index (χ1) is 7.40. The van der Waals surface area contributed by atoms with Crippen LogP contribution in [-0.2, 0) is 4.79 Å². The van der Waals surface area contributed by atoms with Crippen LogP contribution >= 0.6 is 0 Å². The fraction of sp³-hybridized carbons (Fsp3) is 0.750. The molecule has 0 saturated carbocycles. The van der Waals surface area contributed by atoms with Crippen molar-refractivity contribution in [1.29, 1.82) is 0 Å². The lowest BCUT2D eigenvalue weighted by Gasteiger charge is -2.51. The number of aliphatic hydroxyl groups is 1. The molecule has 16 heavy (non-hydrogen) atoms. The van der Waals surface area contributed by atoms with E-state index >= 15 is 0 Å². The van der Waals surface area contributed by atoms with Gasteiger partial charge in [0.05, 0.1) is 11.6 Å². The van der Waals surface area contributed by atoms with Gasteiger partial charge in [0.1, 0.15) is 0 Å². The molecule has 0 radical (unpaired) electrons. The monoisotopic (exact) mass is 226 g/mol. The maximum Gasteiger partial charge on any atom is 0.237 e. The number of nitrogens with one attached hydrogen (secondary N) is 1. The second-order valence-electron chi connectivity index (χ2n) is 4.87. The first-order valence-corrected chi connectivity index (χ1v) is 5.75. The van der Waals surface area contributed by atoms with E-state index in [1.165, 1.54) is 0 Å². The normalized spacial score (nSPS) is 21.3. The summed E-state index contributed by atoms with van der Waals surface area (Å²) in [5, 5.41) is 12.8. The number of β-amino-alcohol motifs (C(OH)–C–C–N with tert-alkyl or cyclic N) is 1. The van der Waals surface area contributed by atoms with Crippen LogP contribution in [0.4, 0.5) is 0 Å². The number of nitrogens with zero attached hydrogens (tertiary/aromatic N) is 1. The molecule has 92 valence electrons. The second kappa shape index (κ2) is 4.97. The van der Waals surface area contributed by atoms with E-state index in [0.29, 0.717) is 19.6 Å². The van der Waals surface area contributed by atoms with Crippen molar-refractivity contribution < 1.29 is 9.90 Å². The molecule has 1 rings (SSSR count). The topological polar surface area (TPSA) is 52.6 Å². The van der Waals surface area contributed by atoms with Crippen molar-refractivity contribution in [1.82, 2.24) is 10.2 Å². The van der Waals surface area contributed by atoms with Gasteiger partial charge in [0.15, 0.2) is 0 Å². The van der Waals surface area contributed by atoms with Crippen molar-refractivity contribution in [3.63, 3.8) is 0 Å². The van der Waals surface area contributed by atoms with Gasteiger partial charge in [-0.15, -0.1) is 6.58 Å². The maximum absolute atomic E-state index is 11.6. The van der Waals surface area contributed by atoms with Crippen molar-refractivity contribution in [2.24, 2.45) is 5.92 Å². The minimum absolute atomic E-state index is 0.00861. The number of rotatable bonds is 5. The van der Waals surface area contributed by atoms with E-state index in [1.807, 2.05) is 25.7 Å². The van der Waals surface area contributed by atoms with Crippen LogP contribution in [0.15, 0.2) is 12.7 Å². The lowest BCUT2D eigenvalue weighted by molar-refractivity contribution is -0.153. The molecule has 0 aromatic rings. The Labute approximate surface area is 97.3 Å². The summed E-state index contributed by atoms with van der Waals surface area (Å²) in [6.07, 6.45) is 1.66. The van der Waals surface area contributed by atoms with Crippen molar-refractivity contribution in [2.45, 2.75) is 32.4 Å². The molecule has 4 heteroatoms. The van der Waals surface area contributed by atoms with Crippen LogP contribution in [0, 0.1) is 5.92 Å². The molecule has 0 aromatic heterocycles. The number of carbonyl (C=O) groups excluding carboxylic acids is 1. The number of hydrogen-bond donors (Lipinski definition) is 2. The molecule has 1 aliphatic rings. The molecular formula is C12H22N2O2. The summed E-state index contributed by atoms with van der Waals surface area (Å²) in [5.74, 6) is 0.220. The van der Waals surface area contributed by atoms with Crippen molar-refractivity contribution in [2.75, 3.05) is 19.6 Å². The van der Waals surface area contributed by atoms with Gasteiger partial charge in [-0.05, 0) is 12.8 Å². The molecule has 1 heterocycles. The van der Waals surface area contributed by atoms with Gasteiger partial charge in [-0.25, -0.2) is 0 Å². The average Bonchev–Trinajstić information content (AvgIpc) is 2.19. The van der Waals surface area contributed by atoms with Crippen LogP contribution < -0.4 is 5.32 Å². The lowest BCUT2D eigenvalue weighted by atomic mass is 9.82. The van der Waals surface area contributed by atoms with Crippen molar-refractivity contribution in [3.05, 3.63) is 12.7 Å². The molecule has 2 N–H and O–H groups in total. The maximum atomic E-state index is 11.6.